The number of fused-ring (bicyclic) bond motifs is 1. The smallest absolute Gasteiger partial charge is 0.265 e. The standard InChI is InChI=1S/C28H37ClN2O5S2/c1-15-11-20(12-16(2)24(15)29)36-17(3)25(32)31-27-23(26(33)30-19-9-10-38(34,35)14-19)21-8-7-18(28(4,5)6)13-22(21)37-27/h11-12,17-19H,7-10,13-14H2,1-6H3,(H,30,33)(H,31,32). The van der Waals surface area contributed by atoms with Crippen LogP contribution >= 0.6 is 22.9 Å². The van der Waals surface area contributed by atoms with Crippen molar-refractivity contribution in [2.24, 2.45) is 11.3 Å². The average Bonchev–Trinajstić information content (AvgIpc) is 3.34. The van der Waals surface area contributed by atoms with E-state index in [1.807, 2.05) is 13.8 Å². The first-order valence-corrected chi connectivity index (χ1v) is 16.1. The van der Waals surface area contributed by atoms with E-state index >= 15 is 0 Å². The molecule has 2 aromatic rings. The minimum atomic E-state index is -3.14. The molecule has 2 N–H and O–H groups in total. The molecule has 1 aromatic heterocycles. The highest BCUT2D eigenvalue weighted by molar-refractivity contribution is 7.91. The first kappa shape index (κ1) is 28.9. The molecule has 1 aromatic carbocycles. The number of ether oxygens (including phenoxy) is 1. The van der Waals surface area contributed by atoms with Gasteiger partial charge in [-0.3, -0.25) is 9.59 Å². The molecule has 10 heteroatoms. The van der Waals surface area contributed by atoms with Gasteiger partial charge in [0.2, 0.25) is 0 Å². The van der Waals surface area contributed by atoms with E-state index in [9.17, 15) is 18.0 Å². The van der Waals surface area contributed by atoms with E-state index in [0.29, 0.717) is 33.7 Å². The van der Waals surface area contributed by atoms with Gasteiger partial charge in [-0.25, -0.2) is 8.42 Å². The predicted molar refractivity (Wildman–Crippen MR) is 153 cm³/mol. The minimum Gasteiger partial charge on any atom is -0.481 e. The van der Waals surface area contributed by atoms with E-state index in [0.717, 1.165) is 40.8 Å². The number of amides is 2. The molecule has 208 valence electrons. The number of benzene rings is 1. The van der Waals surface area contributed by atoms with Crippen LogP contribution < -0.4 is 15.4 Å². The summed E-state index contributed by atoms with van der Waals surface area (Å²) in [6.07, 6.45) is 2.12. The fourth-order valence-corrected chi connectivity index (χ4v) is 8.38. The summed E-state index contributed by atoms with van der Waals surface area (Å²) in [6.45, 7) is 12.1. The SMILES string of the molecule is Cc1cc(OC(C)C(=O)Nc2sc3c(c2C(=O)NC2CCS(=O)(=O)C2)CCC(C(C)(C)C)C3)cc(C)c1Cl. The number of carbonyl (C=O) groups excluding carboxylic acids is 2. The molecular formula is C28H37ClN2O5S2. The summed E-state index contributed by atoms with van der Waals surface area (Å²) in [5.41, 5.74) is 3.27. The quantitative estimate of drug-likeness (QED) is 0.470. The van der Waals surface area contributed by atoms with E-state index in [2.05, 4.69) is 31.4 Å². The van der Waals surface area contributed by atoms with Gasteiger partial charge in [-0.2, -0.15) is 0 Å². The molecule has 1 aliphatic heterocycles. The summed E-state index contributed by atoms with van der Waals surface area (Å²) >= 11 is 7.71. The summed E-state index contributed by atoms with van der Waals surface area (Å²) in [7, 11) is -3.14. The third kappa shape index (κ3) is 6.37. The molecule has 2 heterocycles. The fraction of sp³-hybridized carbons (Fsp3) is 0.571. The van der Waals surface area contributed by atoms with Gasteiger partial charge in [0.05, 0.1) is 17.1 Å². The van der Waals surface area contributed by atoms with Crippen molar-refractivity contribution in [3.05, 3.63) is 44.3 Å². The molecule has 38 heavy (non-hydrogen) atoms. The van der Waals surface area contributed by atoms with Crippen LogP contribution in [0.4, 0.5) is 5.00 Å². The normalized spacial score (nSPS) is 21.4. The van der Waals surface area contributed by atoms with Crippen molar-refractivity contribution in [2.75, 3.05) is 16.8 Å². The van der Waals surface area contributed by atoms with Crippen molar-refractivity contribution in [1.82, 2.24) is 5.32 Å². The number of carbonyl (C=O) groups is 2. The second-order valence-electron chi connectivity index (χ2n) is 11.7. The molecule has 3 unspecified atom stereocenters. The van der Waals surface area contributed by atoms with Crippen LogP contribution in [0.5, 0.6) is 5.75 Å². The van der Waals surface area contributed by atoms with Crippen molar-refractivity contribution in [3.63, 3.8) is 0 Å². The molecule has 4 rings (SSSR count). The average molecular weight is 581 g/mol. The van der Waals surface area contributed by atoms with Crippen LogP contribution in [0.1, 0.15) is 72.5 Å². The van der Waals surface area contributed by atoms with E-state index in [1.165, 1.54) is 11.3 Å². The summed E-state index contributed by atoms with van der Waals surface area (Å²) in [5, 5.41) is 7.03. The van der Waals surface area contributed by atoms with Gasteiger partial charge in [0, 0.05) is 15.9 Å². The molecule has 0 bridgehead atoms. The Hall–Kier alpha value is -2.10. The van der Waals surface area contributed by atoms with Gasteiger partial charge in [-0.1, -0.05) is 32.4 Å². The monoisotopic (exact) mass is 580 g/mol. The third-order valence-corrected chi connectivity index (χ3v) is 11.1. The van der Waals surface area contributed by atoms with E-state index in [-0.39, 0.29) is 28.7 Å². The first-order chi connectivity index (χ1) is 17.6. The number of sulfone groups is 1. The Bertz CT molecular complexity index is 1340. The zero-order chi connectivity index (χ0) is 28.0. The maximum Gasteiger partial charge on any atom is 0.265 e. The maximum absolute atomic E-state index is 13.5. The van der Waals surface area contributed by atoms with Crippen molar-refractivity contribution >= 4 is 49.6 Å². The number of aryl methyl sites for hydroxylation is 2. The zero-order valence-electron chi connectivity index (χ0n) is 22.9. The minimum absolute atomic E-state index is 0.0519. The lowest BCUT2D eigenvalue weighted by Crippen LogP contribution is -2.37. The van der Waals surface area contributed by atoms with Gasteiger partial charge in [0.1, 0.15) is 10.8 Å². The Morgan fingerprint density at radius 1 is 1.16 bits per heavy atom. The van der Waals surface area contributed by atoms with E-state index in [1.54, 1.807) is 19.1 Å². The number of anilines is 1. The van der Waals surface area contributed by atoms with Crippen molar-refractivity contribution in [1.29, 1.82) is 0 Å². The predicted octanol–water partition coefficient (Wildman–Crippen LogP) is 5.49. The van der Waals surface area contributed by atoms with Gasteiger partial charge in [0.15, 0.2) is 15.9 Å². The summed E-state index contributed by atoms with van der Waals surface area (Å²) < 4.78 is 29.8. The van der Waals surface area contributed by atoms with E-state index < -0.39 is 22.0 Å². The highest BCUT2D eigenvalue weighted by Gasteiger charge is 2.36. The molecule has 1 saturated heterocycles. The van der Waals surface area contributed by atoms with Crippen LogP contribution in [0.2, 0.25) is 5.02 Å². The van der Waals surface area contributed by atoms with Crippen molar-refractivity contribution in [3.8, 4) is 5.75 Å². The van der Waals surface area contributed by atoms with Crippen molar-refractivity contribution < 1.29 is 22.7 Å². The van der Waals surface area contributed by atoms with Gasteiger partial charge in [0.25, 0.3) is 11.8 Å². The molecular weight excluding hydrogens is 544 g/mol. The second kappa shape index (κ2) is 10.8. The topological polar surface area (TPSA) is 102 Å². The molecule has 2 amide bonds. The Balaban J connectivity index is 1.58. The lowest BCUT2D eigenvalue weighted by atomic mass is 9.72. The number of hydrogen-bond donors (Lipinski definition) is 2. The highest BCUT2D eigenvalue weighted by atomic mass is 35.5. The van der Waals surface area contributed by atoms with Crippen LogP contribution in [-0.4, -0.2) is 43.9 Å². The summed E-state index contributed by atoms with van der Waals surface area (Å²) in [6, 6.07) is 3.17. The Kier molecular flexibility index (Phi) is 8.22. The van der Waals surface area contributed by atoms with Crippen LogP contribution in [0.3, 0.4) is 0 Å². The van der Waals surface area contributed by atoms with Gasteiger partial charge in [-0.05, 0) is 86.6 Å². The highest BCUT2D eigenvalue weighted by Crippen LogP contribution is 2.44. The van der Waals surface area contributed by atoms with Crippen LogP contribution in [0.25, 0.3) is 0 Å². The van der Waals surface area contributed by atoms with Gasteiger partial charge in [-0.15, -0.1) is 11.3 Å². The molecule has 7 nitrogen and oxygen atoms in total. The maximum atomic E-state index is 13.5. The molecule has 1 fully saturated rings. The molecule has 2 aliphatic rings. The summed E-state index contributed by atoms with van der Waals surface area (Å²) in [5.74, 6) is 0.349. The van der Waals surface area contributed by atoms with Gasteiger partial charge >= 0.3 is 0 Å². The van der Waals surface area contributed by atoms with Crippen molar-refractivity contribution in [2.45, 2.75) is 79.4 Å². The molecule has 0 radical (unpaired) electrons. The molecule has 0 saturated carbocycles. The van der Waals surface area contributed by atoms with Gasteiger partial charge < -0.3 is 15.4 Å². The first-order valence-electron chi connectivity index (χ1n) is 13.0. The Morgan fingerprint density at radius 3 is 2.39 bits per heavy atom. The molecule has 3 atom stereocenters. The number of hydrogen-bond acceptors (Lipinski definition) is 6. The number of rotatable bonds is 6. The largest absolute Gasteiger partial charge is 0.481 e. The zero-order valence-corrected chi connectivity index (χ0v) is 25.3. The van der Waals surface area contributed by atoms with Crippen LogP contribution in [-0.2, 0) is 27.5 Å². The number of nitrogens with one attached hydrogen (secondary N) is 2. The molecule has 1 aliphatic carbocycles. The summed E-state index contributed by atoms with van der Waals surface area (Å²) in [4.78, 5) is 27.8. The Labute approximate surface area is 234 Å². The lowest BCUT2D eigenvalue weighted by molar-refractivity contribution is -0.122. The number of halogens is 1. The fourth-order valence-electron chi connectivity index (χ4n) is 5.27. The molecule has 0 spiro atoms. The van der Waals surface area contributed by atoms with E-state index in [4.69, 9.17) is 16.3 Å². The van der Waals surface area contributed by atoms with Crippen LogP contribution in [0.15, 0.2) is 12.1 Å². The second-order valence-corrected chi connectivity index (χ2v) is 15.4. The third-order valence-electron chi connectivity index (χ3n) is 7.61. The Morgan fingerprint density at radius 2 is 1.82 bits per heavy atom. The lowest BCUT2D eigenvalue weighted by Gasteiger charge is -2.33. The van der Waals surface area contributed by atoms with Crippen LogP contribution in [0, 0.1) is 25.2 Å². The number of thiophene rings is 1.